The topological polar surface area (TPSA) is 64.1 Å². The van der Waals surface area contributed by atoms with Crippen LogP contribution in [0.25, 0.3) is 0 Å². The lowest BCUT2D eigenvalue weighted by Crippen LogP contribution is -2.37. The highest BCUT2D eigenvalue weighted by Crippen LogP contribution is 2.28. The molecule has 164 valence electrons. The van der Waals surface area contributed by atoms with Crippen LogP contribution in [-0.2, 0) is 16.0 Å². The number of rotatable bonds is 11. The molecule has 1 heterocycles. The lowest BCUT2D eigenvalue weighted by molar-refractivity contribution is 0.123. The van der Waals surface area contributed by atoms with Gasteiger partial charge in [-0.2, -0.15) is 0 Å². The van der Waals surface area contributed by atoms with Crippen LogP contribution in [0.4, 0.5) is 0 Å². The number of ether oxygens (including phenoxy) is 3. The average Bonchev–Trinajstić information content (AvgIpc) is 3.38. The quantitative estimate of drug-likeness (QED) is 0.204. The summed E-state index contributed by atoms with van der Waals surface area (Å²) in [5.74, 6) is 3.08. The van der Waals surface area contributed by atoms with E-state index in [0.29, 0.717) is 19.1 Å². The van der Waals surface area contributed by atoms with Gasteiger partial charge in [-0.25, -0.2) is 0 Å². The summed E-state index contributed by atoms with van der Waals surface area (Å²) < 4.78 is 17.2. The van der Waals surface area contributed by atoms with E-state index in [0.717, 1.165) is 69.0 Å². The summed E-state index contributed by atoms with van der Waals surface area (Å²) in [7, 11) is 1.80. The van der Waals surface area contributed by atoms with Gasteiger partial charge in [0.2, 0.25) is 0 Å². The molecule has 6 nitrogen and oxygen atoms in total. The van der Waals surface area contributed by atoms with Gasteiger partial charge in [0.1, 0.15) is 5.75 Å². The van der Waals surface area contributed by atoms with E-state index in [2.05, 4.69) is 40.7 Å². The third kappa shape index (κ3) is 9.09. The minimum Gasteiger partial charge on any atom is -0.493 e. The highest BCUT2D eigenvalue weighted by molar-refractivity contribution is 14.0. The molecule has 0 spiro atoms. The van der Waals surface area contributed by atoms with Crippen molar-refractivity contribution in [1.29, 1.82) is 0 Å². The van der Waals surface area contributed by atoms with E-state index in [9.17, 15) is 0 Å². The number of benzene rings is 1. The van der Waals surface area contributed by atoms with E-state index in [1.165, 1.54) is 18.4 Å². The van der Waals surface area contributed by atoms with Crippen molar-refractivity contribution >= 4 is 29.9 Å². The first-order chi connectivity index (χ1) is 13.7. The van der Waals surface area contributed by atoms with Crippen LogP contribution < -0.4 is 15.4 Å². The standard InChI is InChI=1S/C22H35N3O3.HI/c1-17-4-7-20(21(12-17)28-16-19-8-11-27-15-19)13-25-22(23-2)24-9-3-10-26-14-18-5-6-18;/h4,7,12,18-19H,3,5-6,8-11,13-16H2,1-2H3,(H2,23,24,25);1H. The molecule has 0 radical (unpaired) electrons. The van der Waals surface area contributed by atoms with Crippen molar-refractivity contribution < 1.29 is 14.2 Å². The van der Waals surface area contributed by atoms with Crippen molar-refractivity contribution in [1.82, 2.24) is 10.6 Å². The van der Waals surface area contributed by atoms with E-state index < -0.39 is 0 Å². The van der Waals surface area contributed by atoms with Crippen molar-refractivity contribution in [2.45, 2.75) is 39.2 Å². The molecule has 1 unspecified atom stereocenters. The number of aliphatic imine (C=N–C) groups is 1. The van der Waals surface area contributed by atoms with Crippen LogP contribution in [0.5, 0.6) is 5.75 Å². The van der Waals surface area contributed by atoms with Crippen LogP contribution in [-0.4, -0.2) is 52.6 Å². The van der Waals surface area contributed by atoms with Gasteiger partial charge in [0, 0.05) is 51.4 Å². The highest BCUT2D eigenvalue weighted by Gasteiger charge is 2.20. The normalized spacial score (nSPS) is 19.0. The van der Waals surface area contributed by atoms with Gasteiger partial charge in [0.15, 0.2) is 5.96 Å². The molecule has 1 aromatic rings. The van der Waals surface area contributed by atoms with Crippen molar-refractivity contribution in [3.05, 3.63) is 29.3 Å². The molecule has 0 amide bonds. The van der Waals surface area contributed by atoms with Gasteiger partial charge in [-0.3, -0.25) is 4.99 Å². The average molecular weight is 517 g/mol. The zero-order valence-electron chi connectivity index (χ0n) is 17.7. The van der Waals surface area contributed by atoms with E-state index in [-0.39, 0.29) is 24.0 Å². The van der Waals surface area contributed by atoms with Crippen LogP contribution in [0.15, 0.2) is 23.2 Å². The SMILES string of the molecule is CN=C(NCCCOCC1CC1)NCc1ccc(C)cc1OCC1CCOC1.I. The lowest BCUT2D eigenvalue weighted by Gasteiger charge is -2.17. The maximum Gasteiger partial charge on any atom is 0.191 e. The molecule has 1 saturated carbocycles. The molecule has 1 aliphatic carbocycles. The molecule has 2 N–H and O–H groups in total. The molecule has 1 aromatic carbocycles. The van der Waals surface area contributed by atoms with E-state index in [4.69, 9.17) is 14.2 Å². The van der Waals surface area contributed by atoms with Gasteiger partial charge in [0.05, 0.1) is 13.2 Å². The Morgan fingerprint density at radius 3 is 2.76 bits per heavy atom. The molecule has 2 fully saturated rings. The smallest absolute Gasteiger partial charge is 0.191 e. The summed E-state index contributed by atoms with van der Waals surface area (Å²) in [6, 6.07) is 6.36. The van der Waals surface area contributed by atoms with Crippen LogP contribution in [0.3, 0.4) is 0 Å². The van der Waals surface area contributed by atoms with Crippen LogP contribution in [0.1, 0.15) is 36.8 Å². The number of nitrogens with zero attached hydrogens (tertiary/aromatic N) is 1. The molecule has 2 aliphatic rings. The Labute approximate surface area is 192 Å². The Hall–Kier alpha value is -1.06. The number of hydrogen-bond acceptors (Lipinski definition) is 4. The number of nitrogens with one attached hydrogen (secondary N) is 2. The minimum absolute atomic E-state index is 0. The highest BCUT2D eigenvalue weighted by atomic mass is 127. The van der Waals surface area contributed by atoms with Crippen molar-refractivity contribution in [3.8, 4) is 5.75 Å². The Kier molecular flexibility index (Phi) is 11.1. The largest absolute Gasteiger partial charge is 0.493 e. The molecule has 1 atom stereocenters. The third-order valence-electron chi connectivity index (χ3n) is 5.20. The van der Waals surface area contributed by atoms with Gasteiger partial charge in [-0.05, 0) is 50.2 Å². The van der Waals surface area contributed by atoms with Gasteiger partial charge >= 0.3 is 0 Å². The summed E-state index contributed by atoms with van der Waals surface area (Å²) >= 11 is 0. The number of aryl methyl sites for hydroxylation is 1. The molecular weight excluding hydrogens is 481 g/mol. The lowest BCUT2D eigenvalue weighted by atomic mass is 10.1. The second-order valence-corrected chi connectivity index (χ2v) is 7.88. The fourth-order valence-corrected chi connectivity index (χ4v) is 3.18. The molecule has 1 aliphatic heterocycles. The van der Waals surface area contributed by atoms with Gasteiger partial charge in [-0.1, -0.05) is 12.1 Å². The van der Waals surface area contributed by atoms with Crippen molar-refractivity contribution in [2.24, 2.45) is 16.8 Å². The monoisotopic (exact) mass is 517 g/mol. The summed E-state index contributed by atoms with van der Waals surface area (Å²) in [4.78, 5) is 4.31. The molecule has 7 heteroatoms. The second kappa shape index (κ2) is 13.3. The van der Waals surface area contributed by atoms with Crippen LogP contribution in [0, 0.1) is 18.8 Å². The summed E-state index contributed by atoms with van der Waals surface area (Å²) in [6.07, 6.45) is 4.75. The fraction of sp³-hybridized carbons (Fsp3) is 0.682. The zero-order valence-corrected chi connectivity index (χ0v) is 20.1. The number of guanidine groups is 1. The molecular formula is C22H36IN3O3. The van der Waals surface area contributed by atoms with E-state index >= 15 is 0 Å². The Morgan fingerprint density at radius 2 is 2.03 bits per heavy atom. The summed E-state index contributed by atoms with van der Waals surface area (Å²) in [6.45, 7) is 7.72. The zero-order chi connectivity index (χ0) is 19.6. The maximum absolute atomic E-state index is 6.12. The molecule has 0 bridgehead atoms. The number of hydrogen-bond donors (Lipinski definition) is 2. The fourth-order valence-electron chi connectivity index (χ4n) is 3.18. The first-order valence-electron chi connectivity index (χ1n) is 10.6. The van der Waals surface area contributed by atoms with Gasteiger partial charge < -0.3 is 24.8 Å². The second-order valence-electron chi connectivity index (χ2n) is 7.88. The molecule has 0 aromatic heterocycles. The predicted molar refractivity (Wildman–Crippen MR) is 127 cm³/mol. The third-order valence-corrected chi connectivity index (χ3v) is 5.20. The Morgan fingerprint density at radius 1 is 1.17 bits per heavy atom. The summed E-state index contributed by atoms with van der Waals surface area (Å²) in [5, 5.41) is 6.74. The maximum atomic E-state index is 6.12. The van der Waals surface area contributed by atoms with Crippen molar-refractivity contribution in [3.63, 3.8) is 0 Å². The Balaban J connectivity index is 0.00000300. The summed E-state index contributed by atoms with van der Waals surface area (Å²) in [5.41, 5.74) is 2.34. The van der Waals surface area contributed by atoms with Gasteiger partial charge in [0.25, 0.3) is 0 Å². The van der Waals surface area contributed by atoms with Crippen LogP contribution >= 0.6 is 24.0 Å². The Bertz CT molecular complexity index is 632. The van der Waals surface area contributed by atoms with Gasteiger partial charge in [-0.15, -0.1) is 24.0 Å². The molecule has 3 rings (SSSR count). The van der Waals surface area contributed by atoms with E-state index in [1.807, 2.05) is 0 Å². The first kappa shape index (κ1) is 24.2. The van der Waals surface area contributed by atoms with E-state index in [1.54, 1.807) is 7.05 Å². The predicted octanol–water partition coefficient (Wildman–Crippen LogP) is 3.51. The van der Waals surface area contributed by atoms with Crippen molar-refractivity contribution in [2.75, 3.05) is 46.6 Å². The minimum atomic E-state index is 0. The first-order valence-corrected chi connectivity index (χ1v) is 10.6. The molecule has 1 saturated heterocycles. The number of halogens is 1. The molecule has 29 heavy (non-hydrogen) atoms. The van der Waals surface area contributed by atoms with Crippen LogP contribution in [0.2, 0.25) is 0 Å².